The lowest BCUT2D eigenvalue weighted by Crippen LogP contribution is -2.39. The Kier molecular flexibility index (Phi) is 5.83. The fourth-order valence-electron chi connectivity index (χ4n) is 2.21. The second kappa shape index (κ2) is 7.84. The second-order valence-electron chi connectivity index (χ2n) is 5.26. The van der Waals surface area contributed by atoms with Crippen molar-refractivity contribution in [2.75, 3.05) is 26.8 Å². The van der Waals surface area contributed by atoms with E-state index in [9.17, 15) is 4.79 Å². The molecule has 2 amide bonds. The van der Waals surface area contributed by atoms with Crippen LogP contribution in [0, 0.1) is 0 Å². The third-order valence-corrected chi connectivity index (χ3v) is 3.70. The van der Waals surface area contributed by atoms with Crippen LogP contribution in [0.15, 0.2) is 34.7 Å². The highest BCUT2D eigenvalue weighted by Gasteiger charge is 2.20. The minimum Gasteiger partial charge on any atom is -0.459 e. The number of para-hydroxylation sites is 1. The number of nitrogens with one attached hydrogen (secondary N) is 1. The maximum atomic E-state index is 12.1. The van der Waals surface area contributed by atoms with Crippen molar-refractivity contribution in [1.29, 1.82) is 0 Å². The van der Waals surface area contributed by atoms with Gasteiger partial charge in [0.2, 0.25) is 0 Å². The van der Waals surface area contributed by atoms with Crippen LogP contribution in [0.25, 0.3) is 11.0 Å². The van der Waals surface area contributed by atoms with Gasteiger partial charge >= 0.3 is 6.03 Å². The predicted molar refractivity (Wildman–Crippen MR) is 86.9 cm³/mol. The summed E-state index contributed by atoms with van der Waals surface area (Å²) in [5, 5.41) is 3.94. The van der Waals surface area contributed by atoms with E-state index in [0.717, 1.165) is 23.2 Å². The van der Waals surface area contributed by atoms with Crippen molar-refractivity contribution in [1.82, 2.24) is 10.2 Å². The number of fused-ring (bicyclic) bond motifs is 1. The average molecular weight is 304 g/mol. The summed E-state index contributed by atoms with van der Waals surface area (Å²) in [6.07, 6.45) is 0.812. The summed E-state index contributed by atoms with van der Waals surface area (Å²) in [6, 6.07) is 9.60. The van der Waals surface area contributed by atoms with Crippen molar-refractivity contribution >= 4 is 17.0 Å². The highest BCUT2D eigenvalue weighted by molar-refractivity contribution is 5.78. The van der Waals surface area contributed by atoms with E-state index in [-0.39, 0.29) is 12.1 Å². The molecular weight excluding hydrogens is 280 g/mol. The number of rotatable bonds is 7. The molecule has 1 aromatic carbocycles. The molecule has 0 saturated carbocycles. The summed E-state index contributed by atoms with van der Waals surface area (Å²) < 4.78 is 11.1. The lowest BCUT2D eigenvalue weighted by atomic mass is 10.2. The molecule has 1 N–H and O–H groups in total. The molecule has 5 nitrogen and oxygen atoms in total. The summed E-state index contributed by atoms with van der Waals surface area (Å²) in [5.41, 5.74) is 0.842. The highest BCUT2D eigenvalue weighted by atomic mass is 16.5. The van der Waals surface area contributed by atoms with Gasteiger partial charge in [-0.2, -0.15) is 0 Å². The van der Waals surface area contributed by atoms with Crippen LogP contribution in [0.2, 0.25) is 0 Å². The molecule has 0 bridgehead atoms. The first-order valence-electron chi connectivity index (χ1n) is 7.70. The maximum absolute atomic E-state index is 12.1. The first kappa shape index (κ1) is 16.4. The van der Waals surface area contributed by atoms with Gasteiger partial charge in [0.1, 0.15) is 11.3 Å². The lowest BCUT2D eigenvalue weighted by molar-refractivity contribution is 0.143. The Hall–Kier alpha value is -2.01. The Morgan fingerprint density at radius 3 is 2.91 bits per heavy atom. The van der Waals surface area contributed by atoms with Crippen LogP contribution in [0.3, 0.4) is 0 Å². The predicted octanol–water partition coefficient (Wildman–Crippen LogP) is 3.56. The molecule has 0 aliphatic heterocycles. The van der Waals surface area contributed by atoms with Crippen LogP contribution in [0.1, 0.15) is 32.1 Å². The zero-order chi connectivity index (χ0) is 15.9. The first-order valence-corrected chi connectivity index (χ1v) is 7.70. The van der Waals surface area contributed by atoms with Crippen molar-refractivity contribution in [3.8, 4) is 0 Å². The molecule has 1 unspecified atom stereocenters. The molecule has 0 saturated heterocycles. The number of nitrogens with zero attached hydrogens (tertiary/aromatic N) is 1. The number of furan rings is 1. The standard InChI is InChI=1S/C17H24N2O3/c1-4-21-11-7-10-18-17(20)19(3)13(2)16-12-14-8-5-6-9-15(14)22-16/h5-6,8-9,12-13H,4,7,10-11H2,1-3H3,(H,18,20). The molecule has 22 heavy (non-hydrogen) atoms. The Labute approximate surface area is 131 Å². The van der Waals surface area contributed by atoms with Crippen molar-refractivity contribution in [2.24, 2.45) is 0 Å². The van der Waals surface area contributed by atoms with Crippen molar-refractivity contribution < 1.29 is 13.9 Å². The van der Waals surface area contributed by atoms with Crippen molar-refractivity contribution in [3.63, 3.8) is 0 Å². The molecule has 2 aromatic rings. The van der Waals surface area contributed by atoms with Gasteiger partial charge in [-0.1, -0.05) is 18.2 Å². The summed E-state index contributed by atoms with van der Waals surface area (Å²) in [4.78, 5) is 13.8. The number of urea groups is 1. The van der Waals surface area contributed by atoms with Crippen LogP contribution >= 0.6 is 0 Å². The number of hydrogen-bond acceptors (Lipinski definition) is 3. The van der Waals surface area contributed by atoms with Gasteiger partial charge in [-0.05, 0) is 32.4 Å². The Morgan fingerprint density at radius 1 is 1.41 bits per heavy atom. The number of carbonyl (C=O) groups is 1. The molecule has 0 aliphatic carbocycles. The summed E-state index contributed by atoms with van der Waals surface area (Å²) in [5.74, 6) is 0.785. The van der Waals surface area contributed by atoms with Crippen LogP contribution in [-0.2, 0) is 4.74 Å². The van der Waals surface area contributed by atoms with E-state index in [1.165, 1.54) is 0 Å². The molecule has 5 heteroatoms. The Balaban J connectivity index is 1.90. The topological polar surface area (TPSA) is 54.7 Å². The van der Waals surface area contributed by atoms with Crippen molar-refractivity contribution in [2.45, 2.75) is 26.3 Å². The molecule has 0 radical (unpaired) electrons. The summed E-state index contributed by atoms with van der Waals surface area (Å²) >= 11 is 0. The van der Waals surface area contributed by atoms with E-state index in [4.69, 9.17) is 9.15 Å². The monoisotopic (exact) mass is 304 g/mol. The van der Waals surface area contributed by atoms with Gasteiger partial charge in [0, 0.05) is 32.2 Å². The minimum absolute atomic E-state index is 0.107. The molecule has 0 aliphatic rings. The molecular formula is C17H24N2O3. The van der Waals surface area contributed by atoms with E-state index < -0.39 is 0 Å². The van der Waals surface area contributed by atoms with Crippen LogP contribution in [0.5, 0.6) is 0 Å². The molecule has 120 valence electrons. The van der Waals surface area contributed by atoms with Gasteiger partial charge in [-0.25, -0.2) is 4.79 Å². The summed E-state index contributed by atoms with van der Waals surface area (Å²) in [7, 11) is 1.77. The molecule has 1 heterocycles. The fourth-order valence-corrected chi connectivity index (χ4v) is 2.21. The van der Waals surface area contributed by atoms with Crippen LogP contribution in [0.4, 0.5) is 4.79 Å². The zero-order valence-electron chi connectivity index (χ0n) is 13.5. The third kappa shape index (κ3) is 4.01. The molecule has 0 fully saturated rings. The second-order valence-corrected chi connectivity index (χ2v) is 5.26. The number of ether oxygens (including phenoxy) is 1. The summed E-state index contributed by atoms with van der Waals surface area (Å²) in [6.45, 7) is 5.89. The quantitative estimate of drug-likeness (QED) is 0.796. The van der Waals surface area contributed by atoms with E-state index in [1.807, 2.05) is 44.2 Å². The van der Waals surface area contributed by atoms with E-state index in [1.54, 1.807) is 11.9 Å². The third-order valence-electron chi connectivity index (χ3n) is 3.70. The molecule has 1 aromatic heterocycles. The van der Waals surface area contributed by atoms with E-state index in [2.05, 4.69) is 5.32 Å². The maximum Gasteiger partial charge on any atom is 0.317 e. The Bertz CT molecular complexity index is 576. The van der Waals surface area contributed by atoms with Gasteiger partial charge in [0.25, 0.3) is 0 Å². The van der Waals surface area contributed by atoms with E-state index in [0.29, 0.717) is 19.8 Å². The van der Waals surface area contributed by atoms with E-state index >= 15 is 0 Å². The molecule has 0 spiro atoms. The SMILES string of the molecule is CCOCCCNC(=O)N(C)C(C)c1cc2ccccc2o1. The number of carbonyl (C=O) groups excluding carboxylic acids is 1. The number of hydrogen-bond donors (Lipinski definition) is 1. The first-order chi connectivity index (χ1) is 10.6. The van der Waals surface area contributed by atoms with Gasteiger partial charge in [0.15, 0.2) is 0 Å². The average Bonchev–Trinajstić information content (AvgIpc) is 2.97. The van der Waals surface area contributed by atoms with Crippen molar-refractivity contribution in [3.05, 3.63) is 36.1 Å². The van der Waals surface area contributed by atoms with Crippen LogP contribution < -0.4 is 5.32 Å². The fraction of sp³-hybridized carbons (Fsp3) is 0.471. The largest absolute Gasteiger partial charge is 0.459 e. The number of amides is 2. The van der Waals surface area contributed by atoms with Gasteiger partial charge in [-0.3, -0.25) is 0 Å². The van der Waals surface area contributed by atoms with Gasteiger partial charge in [-0.15, -0.1) is 0 Å². The Morgan fingerprint density at radius 2 is 2.18 bits per heavy atom. The molecule has 2 rings (SSSR count). The lowest BCUT2D eigenvalue weighted by Gasteiger charge is -2.23. The smallest absolute Gasteiger partial charge is 0.317 e. The normalized spacial score (nSPS) is 12.3. The minimum atomic E-state index is -0.126. The molecule has 1 atom stereocenters. The number of benzene rings is 1. The van der Waals surface area contributed by atoms with Crippen LogP contribution in [-0.4, -0.2) is 37.7 Å². The van der Waals surface area contributed by atoms with Gasteiger partial charge < -0.3 is 19.4 Å². The zero-order valence-corrected chi connectivity index (χ0v) is 13.5. The highest BCUT2D eigenvalue weighted by Crippen LogP contribution is 2.26. The van der Waals surface area contributed by atoms with Gasteiger partial charge in [0.05, 0.1) is 6.04 Å².